The number of halogens is 1. The summed E-state index contributed by atoms with van der Waals surface area (Å²) in [6, 6.07) is 0. The largest absolute Gasteiger partial charge is 0.786 e. The Bertz CT molecular complexity index is 420. The van der Waals surface area contributed by atoms with Crippen molar-refractivity contribution in [3.8, 4) is 0 Å². The zero-order chi connectivity index (χ0) is 27.6. The van der Waals surface area contributed by atoms with Gasteiger partial charge in [-0.05, 0) is 41.5 Å². The molecule has 0 N–H and O–H groups in total. The van der Waals surface area contributed by atoms with Crippen molar-refractivity contribution >= 4 is 7.91 Å². The molecule has 0 atom stereocenters. The minimum absolute atomic E-state index is 0.704. The highest BCUT2D eigenvalue weighted by Gasteiger charge is 2.20. The predicted molar refractivity (Wildman–Crippen MR) is 137 cm³/mol. The van der Waals surface area contributed by atoms with Crippen LogP contribution in [0.25, 0.3) is 0 Å². The zero-order valence-electron chi connectivity index (χ0n) is 23.9. The molecule has 0 spiro atoms. The number of rotatable bonds is 20. The van der Waals surface area contributed by atoms with E-state index in [9.17, 15) is 4.20 Å². The third kappa shape index (κ3) is 26.7. The van der Waals surface area contributed by atoms with Gasteiger partial charge in [-0.3, -0.25) is 0 Å². The van der Waals surface area contributed by atoms with Gasteiger partial charge in [0.15, 0.2) is 0 Å². The van der Waals surface area contributed by atoms with Crippen molar-refractivity contribution in [1.82, 2.24) is 0 Å². The maximum atomic E-state index is 10.1. The lowest BCUT2D eigenvalue weighted by atomic mass is 10.3. The van der Waals surface area contributed by atoms with Crippen molar-refractivity contribution < 1.29 is 46.5 Å². The summed E-state index contributed by atoms with van der Waals surface area (Å²) in [7, 11) is -2.23. The van der Waals surface area contributed by atoms with E-state index in [0.29, 0.717) is 13.2 Å². The molecule has 216 valence electrons. The molecule has 0 aliphatic heterocycles. The summed E-state index contributed by atoms with van der Waals surface area (Å²) in [6.45, 7) is 28.1. The van der Waals surface area contributed by atoms with E-state index < -0.39 is 7.91 Å². The summed E-state index contributed by atoms with van der Waals surface area (Å²) >= 11 is 0. The Morgan fingerprint density at radius 2 is 0.857 bits per heavy atom. The van der Waals surface area contributed by atoms with Gasteiger partial charge < -0.3 is 42.3 Å². The van der Waals surface area contributed by atoms with Crippen LogP contribution >= 0.6 is 7.91 Å². The fraction of sp³-hybridized carbons (Fsp3) is 1.00. The molecule has 0 saturated carbocycles. The molecule has 0 amide bonds. The van der Waals surface area contributed by atoms with Gasteiger partial charge in [-0.25, -0.2) is 4.20 Å². The first kappa shape index (κ1) is 39.4. The highest BCUT2D eigenvalue weighted by Crippen LogP contribution is 2.22. The van der Waals surface area contributed by atoms with Crippen LogP contribution in [0.1, 0.15) is 54.4 Å². The van der Waals surface area contributed by atoms with Crippen LogP contribution in [0.4, 0.5) is 4.20 Å². The Morgan fingerprint density at radius 3 is 1.06 bits per heavy atom. The van der Waals surface area contributed by atoms with Crippen LogP contribution in [0, 0.1) is 0 Å². The van der Waals surface area contributed by atoms with Crippen LogP contribution in [0.2, 0.25) is 0 Å². The Balaban J connectivity index is -0.000000491. The van der Waals surface area contributed by atoms with Crippen LogP contribution in [0.15, 0.2) is 0 Å². The molecule has 0 aliphatic carbocycles. The number of hydrogen-bond donors (Lipinski definition) is 0. The normalized spacial score (nSPS) is 12.0. The Hall–Kier alpha value is -0.160. The van der Waals surface area contributed by atoms with E-state index in [-0.39, 0.29) is 0 Å². The molecule has 0 heterocycles. The Kier molecular flexibility index (Phi) is 28.7. The highest BCUT2D eigenvalue weighted by molar-refractivity contribution is 7.42. The van der Waals surface area contributed by atoms with E-state index in [4.69, 9.17) is 33.3 Å². The van der Waals surface area contributed by atoms with Crippen molar-refractivity contribution in [2.45, 2.75) is 54.4 Å². The summed E-state index contributed by atoms with van der Waals surface area (Å²) in [5.41, 5.74) is 0. The van der Waals surface area contributed by atoms with Crippen LogP contribution in [0.5, 0.6) is 0 Å². The molecular formula is C24H56FN2O7P. The van der Waals surface area contributed by atoms with Gasteiger partial charge in [-0.2, -0.15) is 0 Å². The lowest BCUT2D eigenvalue weighted by molar-refractivity contribution is -0.923. The minimum Gasteiger partial charge on any atom is -0.786 e. The number of ether oxygens (including phenoxy) is 4. The third-order valence-corrected chi connectivity index (χ3v) is 6.73. The Labute approximate surface area is 215 Å². The van der Waals surface area contributed by atoms with E-state index in [1.54, 1.807) is 14.2 Å². The van der Waals surface area contributed by atoms with Crippen LogP contribution in [-0.2, 0) is 23.5 Å². The van der Waals surface area contributed by atoms with Crippen molar-refractivity contribution in [2.24, 2.45) is 0 Å². The summed E-state index contributed by atoms with van der Waals surface area (Å²) in [4.78, 5) is 16.9. The van der Waals surface area contributed by atoms with Crippen LogP contribution < -0.4 is 9.79 Å². The van der Waals surface area contributed by atoms with Gasteiger partial charge in [0.1, 0.15) is 7.91 Å². The van der Waals surface area contributed by atoms with Gasteiger partial charge in [-0.15, -0.1) is 0 Å². The van der Waals surface area contributed by atoms with Crippen LogP contribution in [0.3, 0.4) is 0 Å². The number of nitrogens with zero attached hydrogens (tertiary/aromatic N) is 2. The number of quaternary nitrogens is 2. The van der Waals surface area contributed by atoms with Gasteiger partial charge in [0.25, 0.3) is 0 Å². The molecule has 9 nitrogen and oxygen atoms in total. The number of methoxy groups -OCH3 is 2. The van der Waals surface area contributed by atoms with Gasteiger partial charge in [0.2, 0.25) is 0 Å². The summed E-state index contributed by atoms with van der Waals surface area (Å²) in [5.74, 6) is 0. The molecule has 11 heteroatoms. The molecule has 0 radical (unpaired) electrons. The standard InChI is InChI=1S/2C12H28NO2.FH2O3P/c2*1-5-13(6-2,7-3)9-8-10-15-12-11-14-4;1-5(2,3)4/h2*5-12H2,1-4H3;(H2,2,3,4)/q2*+1;/p-2. The summed E-state index contributed by atoms with van der Waals surface area (Å²) in [6.07, 6.45) is 2.30. The zero-order valence-corrected chi connectivity index (χ0v) is 24.8. The van der Waals surface area contributed by atoms with E-state index >= 15 is 0 Å². The highest BCUT2D eigenvalue weighted by atomic mass is 31.2. The quantitative estimate of drug-likeness (QED) is 0.134. The molecule has 0 aromatic heterocycles. The topological polar surface area (TPSA) is 100 Å². The van der Waals surface area contributed by atoms with E-state index in [1.165, 1.54) is 61.3 Å². The van der Waals surface area contributed by atoms with Gasteiger partial charge >= 0.3 is 0 Å². The van der Waals surface area contributed by atoms with Gasteiger partial charge in [0, 0.05) is 27.1 Å². The van der Waals surface area contributed by atoms with Crippen molar-refractivity contribution in [2.75, 3.05) is 106 Å². The lowest BCUT2D eigenvalue weighted by Gasteiger charge is -2.35. The summed E-state index contributed by atoms with van der Waals surface area (Å²) in [5, 5.41) is 0. The third-order valence-electron chi connectivity index (χ3n) is 6.73. The number of hydrogen-bond acceptors (Lipinski definition) is 7. The molecule has 0 aliphatic rings. The molecule has 0 bridgehead atoms. The maximum Gasteiger partial charge on any atom is 0.110 e. The second-order valence-electron chi connectivity index (χ2n) is 8.38. The smallest absolute Gasteiger partial charge is 0.110 e. The molecule has 0 aromatic carbocycles. The molecule has 0 fully saturated rings. The molecular weight excluding hydrogens is 478 g/mol. The summed E-state index contributed by atoms with van der Waals surface area (Å²) < 4.78 is 41.8. The molecule has 0 unspecified atom stereocenters. The molecule has 0 saturated heterocycles. The monoisotopic (exact) mass is 534 g/mol. The second-order valence-corrected chi connectivity index (χ2v) is 9.24. The molecule has 0 aromatic rings. The van der Waals surface area contributed by atoms with E-state index in [1.807, 2.05) is 0 Å². The fourth-order valence-corrected chi connectivity index (χ4v) is 3.78. The van der Waals surface area contributed by atoms with Gasteiger partial charge in [-0.1, -0.05) is 0 Å². The lowest BCUT2D eigenvalue weighted by Crippen LogP contribution is -2.48. The maximum absolute atomic E-state index is 10.1. The predicted octanol–water partition coefficient (Wildman–Crippen LogP) is 2.62. The Morgan fingerprint density at radius 1 is 0.600 bits per heavy atom. The second kappa shape index (κ2) is 25.5. The average molecular weight is 535 g/mol. The first-order valence-corrected chi connectivity index (χ1v) is 14.5. The van der Waals surface area contributed by atoms with E-state index in [2.05, 4.69) is 41.5 Å². The van der Waals surface area contributed by atoms with Gasteiger partial charge in [0.05, 0.1) is 92.0 Å². The van der Waals surface area contributed by atoms with Crippen LogP contribution in [-0.4, -0.2) is 115 Å². The average Bonchev–Trinajstić information content (AvgIpc) is 2.84. The van der Waals surface area contributed by atoms with E-state index in [0.717, 1.165) is 39.3 Å². The first-order chi connectivity index (χ1) is 16.5. The molecule has 0 rings (SSSR count). The first-order valence-electron chi connectivity index (χ1n) is 13.0. The fourth-order valence-electron chi connectivity index (χ4n) is 3.78. The molecule has 35 heavy (non-hydrogen) atoms. The minimum atomic E-state index is -5.64. The van der Waals surface area contributed by atoms with Crippen molar-refractivity contribution in [1.29, 1.82) is 0 Å². The SMILES string of the molecule is CC[N+](CC)(CC)CCCOCCOC.CC[N+](CC)(CC)CCCOCCOC.O=P([O-])([O-])F. The van der Waals surface area contributed by atoms with Crippen molar-refractivity contribution in [3.05, 3.63) is 0 Å². The van der Waals surface area contributed by atoms with Crippen molar-refractivity contribution in [3.63, 3.8) is 0 Å².